The maximum atomic E-state index is 9.26. The van der Waals surface area contributed by atoms with E-state index in [0.29, 0.717) is 6.04 Å². The molecule has 1 saturated carbocycles. The Labute approximate surface area is 93.1 Å². The molecule has 0 bridgehead atoms. The molecule has 2 unspecified atom stereocenters. The molecule has 0 radical (unpaired) electrons. The first-order valence-corrected chi connectivity index (χ1v) is 6.19. The van der Waals surface area contributed by atoms with Gasteiger partial charge in [-0.05, 0) is 26.7 Å². The molecule has 90 valence electrons. The maximum absolute atomic E-state index is 9.26. The monoisotopic (exact) mass is 215 g/mol. The van der Waals surface area contributed by atoms with Crippen molar-refractivity contribution in [2.45, 2.75) is 64.1 Å². The largest absolute Gasteiger partial charge is 0.395 e. The van der Waals surface area contributed by atoms with Gasteiger partial charge in [0, 0.05) is 18.1 Å². The minimum absolute atomic E-state index is 0.162. The molecule has 0 aromatic carbocycles. The lowest BCUT2D eigenvalue weighted by Crippen LogP contribution is -2.50. The molecular weight excluding hydrogens is 190 g/mol. The van der Waals surface area contributed by atoms with E-state index >= 15 is 0 Å². The standard InChI is InChI=1S/C12H25NO2/c1-10(8-14)13(11(2)9-15)12-6-4-3-5-7-12/h10-12,14-15H,3-9H2,1-2H3. The zero-order chi connectivity index (χ0) is 11.3. The van der Waals surface area contributed by atoms with Crippen LogP contribution in [0.15, 0.2) is 0 Å². The third-order valence-electron chi connectivity index (χ3n) is 3.54. The fourth-order valence-electron chi connectivity index (χ4n) is 2.72. The van der Waals surface area contributed by atoms with Gasteiger partial charge in [0.1, 0.15) is 0 Å². The van der Waals surface area contributed by atoms with Crippen molar-refractivity contribution in [2.24, 2.45) is 0 Å². The highest BCUT2D eigenvalue weighted by Gasteiger charge is 2.28. The topological polar surface area (TPSA) is 43.7 Å². The molecule has 1 rings (SSSR count). The van der Waals surface area contributed by atoms with Gasteiger partial charge in [-0.3, -0.25) is 4.90 Å². The van der Waals surface area contributed by atoms with Gasteiger partial charge in [0.2, 0.25) is 0 Å². The second-order valence-corrected chi connectivity index (χ2v) is 4.80. The third kappa shape index (κ3) is 3.44. The number of rotatable bonds is 5. The van der Waals surface area contributed by atoms with Gasteiger partial charge in [0.05, 0.1) is 13.2 Å². The summed E-state index contributed by atoms with van der Waals surface area (Å²) in [5.74, 6) is 0. The van der Waals surface area contributed by atoms with E-state index in [9.17, 15) is 10.2 Å². The van der Waals surface area contributed by atoms with Gasteiger partial charge in [0.15, 0.2) is 0 Å². The van der Waals surface area contributed by atoms with Crippen molar-refractivity contribution in [3.8, 4) is 0 Å². The summed E-state index contributed by atoms with van der Waals surface area (Å²) in [6.45, 7) is 4.45. The summed E-state index contributed by atoms with van der Waals surface area (Å²) in [5, 5.41) is 18.5. The van der Waals surface area contributed by atoms with Crippen LogP contribution < -0.4 is 0 Å². The van der Waals surface area contributed by atoms with E-state index in [4.69, 9.17) is 0 Å². The molecule has 2 N–H and O–H groups in total. The Morgan fingerprint density at radius 3 is 1.87 bits per heavy atom. The van der Waals surface area contributed by atoms with Crippen molar-refractivity contribution in [1.82, 2.24) is 4.90 Å². The Balaban J connectivity index is 2.60. The summed E-state index contributed by atoms with van der Waals surface area (Å²) in [6, 6.07) is 0.883. The van der Waals surface area contributed by atoms with Crippen LogP contribution in [0.1, 0.15) is 46.0 Å². The molecule has 1 aliphatic carbocycles. The molecule has 3 heteroatoms. The Morgan fingerprint density at radius 1 is 1.00 bits per heavy atom. The fraction of sp³-hybridized carbons (Fsp3) is 1.00. The van der Waals surface area contributed by atoms with Crippen molar-refractivity contribution >= 4 is 0 Å². The molecule has 1 aliphatic rings. The van der Waals surface area contributed by atoms with Gasteiger partial charge < -0.3 is 10.2 Å². The molecule has 0 spiro atoms. The fourth-order valence-corrected chi connectivity index (χ4v) is 2.72. The highest BCUT2D eigenvalue weighted by atomic mass is 16.3. The van der Waals surface area contributed by atoms with Crippen molar-refractivity contribution in [2.75, 3.05) is 13.2 Å². The zero-order valence-corrected chi connectivity index (χ0v) is 10.0. The van der Waals surface area contributed by atoms with E-state index in [0.717, 1.165) is 0 Å². The number of aliphatic hydroxyl groups excluding tert-OH is 2. The Bertz CT molecular complexity index is 159. The molecule has 0 aromatic rings. The van der Waals surface area contributed by atoms with Crippen LogP contribution >= 0.6 is 0 Å². The van der Waals surface area contributed by atoms with E-state index in [1.807, 2.05) is 13.8 Å². The molecule has 0 aliphatic heterocycles. The van der Waals surface area contributed by atoms with E-state index < -0.39 is 0 Å². The highest BCUT2D eigenvalue weighted by molar-refractivity contribution is 4.83. The van der Waals surface area contributed by atoms with Gasteiger partial charge in [-0.2, -0.15) is 0 Å². The summed E-state index contributed by atoms with van der Waals surface area (Å²) in [5.41, 5.74) is 0. The van der Waals surface area contributed by atoms with Crippen LogP contribution in [0, 0.1) is 0 Å². The van der Waals surface area contributed by atoms with Crippen LogP contribution in [0.3, 0.4) is 0 Å². The van der Waals surface area contributed by atoms with Crippen molar-refractivity contribution in [1.29, 1.82) is 0 Å². The quantitative estimate of drug-likeness (QED) is 0.728. The molecule has 15 heavy (non-hydrogen) atoms. The van der Waals surface area contributed by atoms with Crippen LogP contribution in [0.25, 0.3) is 0 Å². The average molecular weight is 215 g/mol. The summed E-state index contributed by atoms with van der Waals surface area (Å²) in [6.07, 6.45) is 6.35. The summed E-state index contributed by atoms with van der Waals surface area (Å²) < 4.78 is 0. The average Bonchev–Trinajstić information content (AvgIpc) is 2.30. The molecule has 0 aromatic heterocycles. The molecule has 3 nitrogen and oxygen atoms in total. The summed E-state index contributed by atoms with van der Waals surface area (Å²) in [4.78, 5) is 2.30. The smallest absolute Gasteiger partial charge is 0.0584 e. The number of hydrogen-bond donors (Lipinski definition) is 2. The lowest BCUT2D eigenvalue weighted by atomic mass is 9.92. The van der Waals surface area contributed by atoms with Crippen LogP contribution in [0.4, 0.5) is 0 Å². The maximum Gasteiger partial charge on any atom is 0.0584 e. The number of aliphatic hydroxyl groups is 2. The number of nitrogens with zero attached hydrogens (tertiary/aromatic N) is 1. The Kier molecular flexibility index (Phi) is 5.58. The van der Waals surface area contributed by atoms with Gasteiger partial charge in [-0.15, -0.1) is 0 Å². The molecule has 1 fully saturated rings. The first-order valence-electron chi connectivity index (χ1n) is 6.19. The van der Waals surface area contributed by atoms with Gasteiger partial charge >= 0.3 is 0 Å². The highest BCUT2D eigenvalue weighted by Crippen LogP contribution is 2.25. The minimum atomic E-state index is 0.162. The molecule has 2 atom stereocenters. The first kappa shape index (κ1) is 12.9. The van der Waals surface area contributed by atoms with Gasteiger partial charge in [-0.25, -0.2) is 0 Å². The predicted molar refractivity (Wildman–Crippen MR) is 61.8 cm³/mol. The van der Waals surface area contributed by atoms with E-state index in [1.54, 1.807) is 0 Å². The van der Waals surface area contributed by atoms with E-state index in [-0.39, 0.29) is 25.3 Å². The van der Waals surface area contributed by atoms with Crippen LogP contribution in [0.5, 0.6) is 0 Å². The van der Waals surface area contributed by atoms with Crippen LogP contribution in [-0.4, -0.2) is 46.5 Å². The van der Waals surface area contributed by atoms with Crippen LogP contribution in [0.2, 0.25) is 0 Å². The zero-order valence-electron chi connectivity index (χ0n) is 10.0. The molecule has 0 heterocycles. The Morgan fingerprint density at radius 2 is 1.47 bits per heavy atom. The minimum Gasteiger partial charge on any atom is -0.395 e. The van der Waals surface area contributed by atoms with Crippen molar-refractivity contribution < 1.29 is 10.2 Å². The molecule has 0 saturated heterocycles. The molecular formula is C12H25NO2. The second-order valence-electron chi connectivity index (χ2n) is 4.80. The lowest BCUT2D eigenvalue weighted by Gasteiger charge is -2.41. The predicted octanol–water partition coefficient (Wildman–Crippen LogP) is 1.38. The Hall–Kier alpha value is -0.120. The first-order chi connectivity index (χ1) is 7.20. The number of hydrogen-bond acceptors (Lipinski definition) is 3. The van der Waals surface area contributed by atoms with E-state index in [2.05, 4.69) is 4.90 Å². The van der Waals surface area contributed by atoms with Crippen molar-refractivity contribution in [3.05, 3.63) is 0 Å². The summed E-state index contributed by atoms with van der Waals surface area (Å²) in [7, 11) is 0. The van der Waals surface area contributed by atoms with Crippen molar-refractivity contribution in [3.63, 3.8) is 0 Å². The second kappa shape index (κ2) is 6.46. The van der Waals surface area contributed by atoms with Gasteiger partial charge in [-0.1, -0.05) is 19.3 Å². The summed E-state index contributed by atoms with van der Waals surface area (Å²) >= 11 is 0. The van der Waals surface area contributed by atoms with Gasteiger partial charge in [0.25, 0.3) is 0 Å². The lowest BCUT2D eigenvalue weighted by molar-refractivity contribution is 0.0186. The SMILES string of the molecule is CC(CO)N(C(C)CO)C1CCCCC1. The molecule has 0 amide bonds. The third-order valence-corrected chi connectivity index (χ3v) is 3.54. The van der Waals surface area contributed by atoms with E-state index in [1.165, 1.54) is 32.1 Å². The normalized spacial score (nSPS) is 23.0. The van der Waals surface area contributed by atoms with Crippen LogP contribution in [-0.2, 0) is 0 Å².